The summed E-state index contributed by atoms with van der Waals surface area (Å²) in [5.74, 6) is -0.271. The Morgan fingerprint density at radius 2 is 1.79 bits per heavy atom. The van der Waals surface area contributed by atoms with Crippen molar-refractivity contribution in [3.05, 3.63) is 64.7 Å². The summed E-state index contributed by atoms with van der Waals surface area (Å²) >= 11 is 0. The van der Waals surface area contributed by atoms with Crippen molar-refractivity contribution in [3.8, 4) is 5.75 Å². The molecular formula is C22H23F3N2O2. The molecule has 4 nitrogen and oxygen atoms in total. The Kier molecular flexibility index (Phi) is 5.50. The van der Waals surface area contributed by atoms with Crippen LogP contribution in [0.3, 0.4) is 0 Å². The van der Waals surface area contributed by atoms with E-state index in [0.717, 1.165) is 37.2 Å². The molecule has 0 atom stereocenters. The second-order valence-corrected chi connectivity index (χ2v) is 7.63. The molecule has 2 aromatic rings. The monoisotopic (exact) mass is 404 g/mol. The molecule has 29 heavy (non-hydrogen) atoms. The Bertz CT molecular complexity index is 898. The highest BCUT2D eigenvalue weighted by molar-refractivity contribution is 5.77. The maximum absolute atomic E-state index is 12.6. The van der Waals surface area contributed by atoms with E-state index in [9.17, 15) is 18.0 Å². The number of fused-ring (bicyclic) bond motifs is 2. The lowest BCUT2D eigenvalue weighted by Crippen LogP contribution is -2.35. The van der Waals surface area contributed by atoms with Crippen molar-refractivity contribution in [2.75, 3.05) is 19.7 Å². The van der Waals surface area contributed by atoms with Crippen LogP contribution < -0.4 is 4.74 Å². The number of carbonyl (C=O) groups excluding carboxylic acids is 1. The summed E-state index contributed by atoms with van der Waals surface area (Å²) < 4.78 is 43.5. The van der Waals surface area contributed by atoms with Crippen LogP contribution in [0, 0.1) is 0 Å². The van der Waals surface area contributed by atoms with Gasteiger partial charge in [-0.1, -0.05) is 30.3 Å². The molecule has 7 heteroatoms. The van der Waals surface area contributed by atoms with Crippen LogP contribution >= 0.6 is 0 Å². The number of rotatable bonds is 3. The number of nitrogens with zero attached hydrogens (tertiary/aromatic N) is 2. The third-order valence-electron chi connectivity index (χ3n) is 5.43. The average molecular weight is 404 g/mol. The van der Waals surface area contributed by atoms with Crippen molar-refractivity contribution in [1.29, 1.82) is 0 Å². The van der Waals surface area contributed by atoms with E-state index >= 15 is 0 Å². The summed E-state index contributed by atoms with van der Waals surface area (Å²) in [5.41, 5.74) is 4.54. The van der Waals surface area contributed by atoms with Gasteiger partial charge in [-0.2, -0.15) is 13.2 Å². The van der Waals surface area contributed by atoms with Crippen LogP contribution in [0.1, 0.15) is 28.7 Å². The topological polar surface area (TPSA) is 32.8 Å². The van der Waals surface area contributed by atoms with Crippen molar-refractivity contribution < 1.29 is 22.7 Å². The zero-order valence-corrected chi connectivity index (χ0v) is 16.0. The number of amides is 1. The van der Waals surface area contributed by atoms with Crippen LogP contribution in [0.4, 0.5) is 13.2 Å². The van der Waals surface area contributed by atoms with Crippen molar-refractivity contribution in [2.45, 2.75) is 38.7 Å². The van der Waals surface area contributed by atoms with Crippen LogP contribution in [0.25, 0.3) is 0 Å². The first-order chi connectivity index (χ1) is 13.9. The van der Waals surface area contributed by atoms with Crippen LogP contribution in [0.15, 0.2) is 42.5 Å². The molecule has 2 aliphatic rings. The zero-order valence-electron chi connectivity index (χ0n) is 16.0. The lowest BCUT2D eigenvalue weighted by Gasteiger charge is -2.29. The van der Waals surface area contributed by atoms with E-state index in [1.54, 1.807) is 0 Å². The zero-order chi connectivity index (χ0) is 20.4. The fraction of sp³-hybridized carbons (Fsp3) is 0.409. The quantitative estimate of drug-likeness (QED) is 0.778. The van der Waals surface area contributed by atoms with Gasteiger partial charge in [0.25, 0.3) is 0 Å². The predicted octanol–water partition coefficient (Wildman–Crippen LogP) is 3.92. The second-order valence-electron chi connectivity index (χ2n) is 7.63. The van der Waals surface area contributed by atoms with Gasteiger partial charge in [0, 0.05) is 31.7 Å². The van der Waals surface area contributed by atoms with Crippen LogP contribution in [0.5, 0.6) is 5.75 Å². The highest BCUT2D eigenvalue weighted by atomic mass is 19.4. The van der Waals surface area contributed by atoms with E-state index in [-0.39, 0.29) is 19.7 Å². The number of halogens is 3. The van der Waals surface area contributed by atoms with Crippen molar-refractivity contribution in [1.82, 2.24) is 9.80 Å². The SMILES string of the molecule is O=C(CC(F)(F)F)N1CCOc2ccc(CN3CCc4ccccc4C3)cc2C1. The first kappa shape index (κ1) is 19.8. The third-order valence-corrected chi connectivity index (χ3v) is 5.43. The fourth-order valence-corrected chi connectivity index (χ4v) is 3.99. The van der Waals surface area contributed by atoms with Crippen molar-refractivity contribution >= 4 is 5.91 Å². The lowest BCUT2D eigenvalue weighted by atomic mass is 9.99. The molecule has 0 aliphatic carbocycles. The van der Waals surface area contributed by atoms with E-state index in [1.165, 1.54) is 16.0 Å². The smallest absolute Gasteiger partial charge is 0.397 e. The minimum Gasteiger partial charge on any atom is -0.491 e. The van der Waals surface area contributed by atoms with Gasteiger partial charge in [-0.05, 0) is 35.2 Å². The molecule has 0 radical (unpaired) electrons. The molecule has 0 saturated heterocycles. The second kappa shape index (κ2) is 8.06. The summed E-state index contributed by atoms with van der Waals surface area (Å²) in [6, 6.07) is 14.2. The van der Waals surface area contributed by atoms with E-state index in [4.69, 9.17) is 4.74 Å². The molecule has 0 spiro atoms. The molecule has 2 aliphatic heterocycles. The van der Waals surface area contributed by atoms with Gasteiger partial charge < -0.3 is 9.64 Å². The number of ether oxygens (including phenoxy) is 1. The van der Waals surface area contributed by atoms with Gasteiger partial charge in [-0.15, -0.1) is 0 Å². The van der Waals surface area contributed by atoms with E-state index in [2.05, 4.69) is 29.2 Å². The number of benzene rings is 2. The largest absolute Gasteiger partial charge is 0.491 e. The first-order valence-corrected chi connectivity index (χ1v) is 9.76. The molecule has 0 unspecified atom stereocenters. The molecule has 0 fully saturated rings. The molecule has 0 aromatic heterocycles. The minimum atomic E-state index is -4.50. The van der Waals surface area contributed by atoms with Crippen LogP contribution in [-0.2, 0) is 30.8 Å². The Labute approximate surface area is 167 Å². The summed E-state index contributed by atoms with van der Waals surface area (Å²) in [5, 5.41) is 0. The van der Waals surface area contributed by atoms with E-state index in [1.807, 2.05) is 18.2 Å². The Hall–Kier alpha value is -2.54. The summed E-state index contributed by atoms with van der Waals surface area (Å²) in [4.78, 5) is 15.6. The van der Waals surface area contributed by atoms with Crippen LogP contribution in [-0.4, -0.2) is 41.6 Å². The maximum Gasteiger partial charge on any atom is 0.397 e. The standard InChI is InChI=1S/C22H23F3N2O2/c23-22(24,25)12-21(28)27-9-10-29-20-6-5-16(11-19(20)15-27)13-26-8-7-17-3-1-2-4-18(17)14-26/h1-6,11H,7-10,12-15H2. The van der Waals surface area contributed by atoms with Gasteiger partial charge in [0.05, 0.1) is 6.54 Å². The average Bonchev–Trinajstić information content (AvgIpc) is 2.89. The predicted molar refractivity (Wildman–Crippen MR) is 102 cm³/mol. The van der Waals surface area contributed by atoms with Crippen LogP contribution in [0.2, 0.25) is 0 Å². The van der Waals surface area contributed by atoms with Gasteiger partial charge >= 0.3 is 6.18 Å². The molecule has 2 heterocycles. The Balaban J connectivity index is 1.46. The van der Waals surface area contributed by atoms with Crippen molar-refractivity contribution in [2.24, 2.45) is 0 Å². The molecule has 1 amide bonds. The number of alkyl halides is 3. The number of hydrogen-bond donors (Lipinski definition) is 0. The molecular weight excluding hydrogens is 381 g/mol. The minimum absolute atomic E-state index is 0.140. The van der Waals surface area contributed by atoms with E-state index < -0.39 is 18.5 Å². The molecule has 4 rings (SSSR count). The molecule has 0 N–H and O–H groups in total. The number of carbonyl (C=O) groups is 1. The van der Waals surface area contributed by atoms with Gasteiger partial charge in [0.2, 0.25) is 5.91 Å². The van der Waals surface area contributed by atoms with Crippen molar-refractivity contribution in [3.63, 3.8) is 0 Å². The van der Waals surface area contributed by atoms with Gasteiger partial charge in [0.15, 0.2) is 0 Å². The highest BCUT2D eigenvalue weighted by Crippen LogP contribution is 2.28. The number of hydrogen-bond acceptors (Lipinski definition) is 3. The first-order valence-electron chi connectivity index (χ1n) is 9.76. The summed E-state index contributed by atoms with van der Waals surface area (Å²) in [6.07, 6.45) is -4.93. The fourth-order valence-electron chi connectivity index (χ4n) is 3.99. The molecule has 0 bridgehead atoms. The third kappa shape index (κ3) is 4.90. The maximum atomic E-state index is 12.6. The normalized spacial score (nSPS) is 17.1. The highest BCUT2D eigenvalue weighted by Gasteiger charge is 2.34. The van der Waals surface area contributed by atoms with E-state index in [0.29, 0.717) is 5.75 Å². The molecule has 0 saturated carbocycles. The molecule has 154 valence electrons. The van der Waals surface area contributed by atoms with Gasteiger partial charge in [-0.3, -0.25) is 9.69 Å². The lowest BCUT2D eigenvalue weighted by molar-refractivity contribution is -0.161. The Morgan fingerprint density at radius 1 is 1.00 bits per heavy atom. The van der Waals surface area contributed by atoms with Gasteiger partial charge in [-0.25, -0.2) is 0 Å². The molecule has 2 aromatic carbocycles. The van der Waals surface area contributed by atoms with Gasteiger partial charge in [0.1, 0.15) is 18.8 Å². The summed E-state index contributed by atoms with van der Waals surface area (Å²) in [7, 11) is 0. The Morgan fingerprint density at radius 3 is 2.59 bits per heavy atom. The summed E-state index contributed by atoms with van der Waals surface area (Å²) in [6.45, 7) is 3.07.